The van der Waals surface area contributed by atoms with Crippen molar-refractivity contribution >= 4 is 40.6 Å². The fourth-order valence-corrected chi connectivity index (χ4v) is 4.54. The summed E-state index contributed by atoms with van der Waals surface area (Å²) in [7, 11) is 0. The Balaban J connectivity index is 1.98. The zero-order chi connectivity index (χ0) is 17.2. The molecular weight excluding hydrogens is 332 g/mol. The molecule has 1 fully saturated rings. The van der Waals surface area contributed by atoms with Crippen LogP contribution in [0.3, 0.4) is 0 Å². The molecule has 0 spiro atoms. The van der Waals surface area contributed by atoms with E-state index in [9.17, 15) is 4.79 Å². The van der Waals surface area contributed by atoms with Crippen LogP contribution in [0.5, 0.6) is 0 Å². The van der Waals surface area contributed by atoms with Gasteiger partial charge in [0.2, 0.25) is 0 Å². The Hall–Kier alpha value is -1.45. The lowest BCUT2D eigenvalue weighted by molar-refractivity contribution is -0.113. The minimum Gasteiger partial charge on any atom is -0.289 e. The molecule has 2 aromatic heterocycles. The molecule has 0 aromatic carbocycles. The van der Waals surface area contributed by atoms with Gasteiger partial charge in [-0.2, -0.15) is 0 Å². The van der Waals surface area contributed by atoms with Gasteiger partial charge in [-0.05, 0) is 59.2 Å². The monoisotopic (exact) mass is 356 g/mol. The van der Waals surface area contributed by atoms with Crippen molar-refractivity contribution in [3.8, 4) is 0 Å². The molecule has 0 unspecified atom stereocenters. The van der Waals surface area contributed by atoms with Gasteiger partial charge in [0, 0.05) is 20.9 Å². The number of ketones is 1. The van der Waals surface area contributed by atoms with Crippen LogP contribution in [0.15, 0.2) is 46.2 Å². The number of Topliss-reactive ketones (excluding diaryl/α,β-unsaturated/α-hetero) is 1. The van der Waals surface area contributed by atoms with Crippen molar-refractivity contribution in [3.05, 3.63) is 55.9 Å². The molecule has 126 valence electrons. The predicted molar refractivity (Wildman–Crippen MR) is 106 cm³/mol. The molecule has 24 heavy (non-hydrogen) atoms. The van der Waals surface area contributed by atoms with E-state index in [0.717, 1.165) is 30.4 Å². The Morgan fingerprint density at radius 2 is 1.54 bits per heavy atom. The highest BCUT2D eigenvalue weighted by Crippen LogP contribution is 2.44. The van der Waals surface area contributed by atoms with Crippen molar-refractivity contribution in [3.63, 3.8) is 0 Å². The van der Waals surface area contributed by atoms with E-state index in [1.165, 1.54) is 9.75 Å². The minimum absolute atomic E-state index is 0.236. The highest BCUT2D eigenvalue weighted by atomic mass is 32.1. The first kappa shape index (κ1) is 17.4. The highest BCUT2D eigenvalue weighted by molar-refractivity contribution is 7.11. The first-order valence-electron chi connectivity index (χ1n) is 8.52. The second-order valence-corrected chi connectivity index (χ2v) is 9.10. The molecule has 1 aliphatic carbocycles. The maximum absolute atomic E-state index is 13.0. The van der Waals surface area contributed by atoms with Crippen LogP contribution in [0.25, 0.3) is 12.2 Å². The summed E-state index contributed by atoms with van der Waals surface area (Å²) in [6.45, 7) is 6.92. The predicted octanol–water partition coefficient (Wildman–Crippen LogP) is 6.69. The summed E-state index contributed by atoms with van der Waals surface area (Å²) in [4.78, 5) is 15.4. The zero-order valence-electron chi connectivity index (χ0n) is 14.5. The van der Waals surface area contributed by atoms with Crippen LogP contribution in [0.2, 0.25) is 0 Å². The summed E-state index contributed by atoms with van der Waals surface area (Å²) in [5.74, 6) is 0.748. The van der Waals surface area contributed by atoms with Gasteiger partial charge in [-0.15, -0.1) is 22.7 Å². The lowest BCUT2D eigenvalue weighted by Gasteiger charge is -2.37. The zero-order valence-corrected chi connectivity index (χ0v) is 16.2. The third-order valence-electron chi connectivity index (χ3n) is 5.25. The topological polar surface area (TPSA) is 17.1 Å². The molecule has 0 radical (unpaired) electrons. The molecule has 0 atom stereocenters. The third kappa shape index (κ3) is 3.79. The van der Waals surface area contributed by atoms with Gasteiger partial charge < -0.3 is 0 Å². The van der Waals surface area contributed by atoms with E-state index in [0.29, 0.717) is 5.92 Å². The highest BCUT2D eigenvalue weighted by Gasteiger charge is 2.36. The smallest absolute Gasteiger partial charge is 0.185 e. The lowest BCUT2D eigenvalue weighted by Crippen LogP contribution is -2.30. The number of rotatable bonds is 4. The summed E-state index contributed by atoms with van der Waals surface area (Å²) in [6, 6.07) is 8.25. The van der Waals surface area contributed by atoms with Crippen molar-refractivity contribution < 1.29 is 4.79 Å². The molecule has 3 rings (SSSR count). The van der Waals surface area contributed by atoms with Gasteiger partial charge in [-0.25, -0.2) is 0 Å². The fraction of sp³-hybridized carbons (Fsp3) is 0.381. The van der Waals surface area contributed by atoms with Crippen LogP contribution in [-0.4, -0.2) is 5.78 Å². The molecule has 0 saturated heterocycles. The van der Waals surface area contributed by atoms with Crippen molar-refractivity contribution in [2.24, 2.45) is 11.3 Å². The maximum Gasteiger partial charge on any atom is 0.185 e. The molecule has 3 heteroatoms. The molecule has 0 aliphatic heterocycles. The minimum atomic E-state index is 0.236. The number of allylic oxidation sites excluding steroid dienone is 2. The van der Waals surface area contributed by atoms with Crippen LogP contribution in [0.4, 0.5) is 0 Å². The number of hydrogen-bond donors (Lipinski definition) is 0. The Morgan fingerprint density at radius 1 is 1.04 bits per heavy atom. The van der Waals surface area contributed by atoms with Crippen molar-refractivity contribution in [2.75, 3.05) is 0 Å². The molecule has 0 bridgehead atoms. The molecular formula is C21H24OS2. The summed E-state index contributed by atoms with van der Waals surface area (Å²) in [5.41, 5.74) is 2.18. The second kappa shape index (κ2) is 7.20. The Morgan fingerprint density at radius 3 is 1.92 bits per heavy atom. The van der Waals surface area contributed by atoms with Gasteiger partial charge in [-0.3, -0.25) is 4.79 Å². The third-order valence-corrected chi connectivity index (χ3v) is 6.89. The number of thiophene rings is 2. The normalized spacial score (nSPS) is 22.5. The van der Waals surface area contributed by atoms with E-state index >= 15 is 0 Å². The fourth-order valence-electron chi connectivity index (χ4n) is 3.18. The molecule has 0 amide bonds. The maximum atomic E-state index is 13.0. The van der Waals surface area contributed by atoms with E-state index in [2.05, 4.69) is 55.8 Å². The van der Waals surface area contributed by atoms with Crippen molar-refractivity contribution in [1.29, 1.82) is 0 Å². The van der Waals surface area contributed by atoms with E-state index in [1.54, 1.807) is 22.7 Å². The van der Waals surface area contributed by atoms with Gasteiger partial charge in [0.05, 0.1) is 0 Å². The number of carbonyl (C=O) groups is 1. The second-order valence-electron chi connectivity index (χ2n) is 7.15. The molecule has 2 heterocycles. The molecule has 0 N–H and O–H groups in total. The van der Waals surface area contributed by atoms with Gasteiger partial charge in [-0.1, -0.05) is 39.3 Å². The first-order chi connectivity index (χ1) is 11.5. The van der Waals surface area contributed by atoms with E-state index in [1.807, 2.05) is 12.1 Å². The van der Waals surface area contributed by atoms with Crippen LogP contribution in [-0.2, 0) is 4.79 Å². The standard InChI is InChI=1S/C21H24OS2/c1-4-21(2,3)17-11-15(13-18-7-5-9-23-18)20(22)16(12-17)14-19-8-6-10-24-19/h5-10,13-14,17H,4,11-12H2,1-3H3. The van der Waals surface area contributed by atoms with Gasteiger partial charge in [0.25, 0.3) is 0 Å². The van der Waals surface area contributed by atoms with Crippen LogP contribution in [0, 0.1) is 11.3 Å². The molecule has 2 aromatic rings. The van der Waals surface area contributed by atoms with E-state index in [4.69, 9.17) is 0 Å². The summed E-state index contributed by atoms with van der Waals surface area (Å²) >= 11 is 3.39. The average Bonchev–Trinajstić information content (AvgIpc) is 3.24. The number of hydrogen-bond acceptors (Lipinski definition) is 3. The molecule has 1 nitrogen and oxygen atoms in total. The van der Waals surface area contributed by atoms with Gasteiger partial charge >= 0.3 is 0 Å². The molecule has 1 saturated carbocycles. The van der Waals surface area contributed by atoms with Crippen LogP contribution < -0.4 is 0 Å². The first-order valence-corrected chi connectivity index (χ1v) is 10.3. The Kier molecular flexibility index (Phi) is 5.21. The average molecular weight is 357 g/mol. The Labute approximate surface area is 152 Å². The van der Waals surface area contributed by atoms with E-state index < -0.39 is 0 Å². The van der Waals surface area contributed by atoms with Crippen LogP contribution >= 0.6 is 22.7 Å². The Bertz CT molecular complexity index is 690. The summed E-state index contributed by atoms with van der Waals surface area (Å²) < 4.78 is 0. The molecule has 1 aliphatic rings. The summed E-state index contributed by atoms with van der Waals surface area (Å²) in [5, 5.41) is 4.13. The van der Waals surface area contributed by atoms with Crippen molar-refractivity contribution in [1.82, 2.24) is 0 Å². The summed E-state index contributed by atoms with van der Waals surface area (Å²) in [6.07, 6.45) is 7.11. The SMILES string of the molecule is CCC(C)(C)C1CC(=Cc2cccs2)C(=O)C(=Cc2cccs2)C1. The quantitative estimate of drug-likeness (QED) is 0.558. The van der Waals surface area contributed by atoms with E-state index in [-0.39, 0.29) is 11.2 Å². The van der Waals surface area contributed by atoms with Gasteiger partial charge in [0.1, 0.15) is 0 Å². The largest absolute Gasteiger partial charge is 0.289 e. The van der Waals surface area contributed by atoms with Gasteiger partial charge in [0.15, 0.2) is 5.78 Å². The lowest BCUT2D eigenvalue weighted by atomic mass is 9.66. The number of carbonyl (C=O) groups excluding carboxylic acids is 1. The van der Waals surface area contributed by atoms with Crippen molar-refractivity contribution in [2.45, 2.75) is 40.0 Å². The van der Waals surface area contributed by atoms with Crippen LogP contribution in [0.1, 0.15) is 49.8 Å².